The predicted octanol–water partition coefficient (Wildman–Crippen LogP) is 1.19. The molecule has 10 heteroatoms. The third-order valence-electron chi connectivity index (χ3n) is 6.30. The molecule has 1 aromatic carbocycles. The van der Waals surface area contributed by atoms with Crippen LogP contribution in [0.25, 0.3) is 0 Å². The average Bonchev–Trinajstić information content (AvgIpc) is 3.62. The van der Waals surface area contributed by atoms with Gasteiger partial charge in [0, 0.05) is 77.8 Å². The molecule has 10 nitrogen and oxygen atoms in total. The van der Waals surface area contributed by atoms with Gasteiger partial charge in [0.05, 0.1) is 0 Å². The van der Waals surface area contributed by atoms with Crippen molar-refractivity contribution in [3.05, 3.63) is 108 Å². The molecule has 0 radical (unpaired) electrons. The van der Waals surface area contributed by atoms with E-state index in [2.05, 4.69) is 19.9 Å². The lowest BCUT2D eigenvalue weighted by Crippen LogP contribution is -2.36. The van der Waals surface area contributed by atoms with Crippen LogP contribution in [0.4, 0.5) is 0 Å². The molecule has 0 bridgehead atoms. The van der Waals surface area contributed by atoms with Gasteiger partial charge in [-0.1, -0.05) is 24.3 Å². The van der Waals surface area contributed by atoms with Crippen molar-refractivity contribution in [1.29, 1.82) is 0 Å². The van der Waals surface area contributed by atoms with E-state index in [1.165, 1.54) is 0 Å². The quantitative estimate of drug-likeness (QED) is 0.395. The second-order valence-electron chi connectivity index (χ2n) is 8.45. The van der Waals surface area contributed by atoms with E-state index < -0.39 is 11.2 Å². The first-order valence-corrected chi connectivity index (χ1v) is 10.7. The van der Waals surface area contributed by atoms with Crippen LogP contribution in [0.15, 0.2) is 73.8 Å². The third kappa shape index (κ3) is 3.03. The molecule has 0 unspecified atom stereocenters. The van der Waals surface area contributed by atoms with E-state index in [4.69, 9.17) is 0 Å². The molecule has 0 saturated carbocycles. The van der Waals surface area contributed by atoms with Gasteiger partial charge in [-0.15, -0.1) is 0 Å². The minimum atomic E-state index is -1.61. The second-order valence-corrected chi connectivity index (χ2v) is 8.45. The first-order valence-electron chi connectivity index (χ1n) is 10.7. The molecule has 0 spiro atoms. The van der Waals surface area contributed by atoms with Crippen molar-refractivity contribution < 1.29 is 10.2 Å². The molecule has 4 heterocycles. The van der Waals surface area contributed by atoms with E-state index in [-0.39, 0.29) is 0 Å². The maximum Gasteiger partial charge on any atom is 0.206 e. The number of benzene rings is 1. The van der Waals surface area contributed by atoms with Crippen molar-refractivity contribution in [1.82, 2.24) is 38.2 Å². The fourth-order valence-electron chi connectivity index (χ4n) is 4.53. The summed E-state index contributed by atoms with van der Waals surface area (Å²) >= 11 is 0. The summed E-state index contributed by atoms with van der Waals surface area (Å²) in [4.78, 5) is 17.7. The summed E-state index contributed by atoms with van der Waals surface area (Å²) in [6.45, 7) is 0. The molecule has 34 heavy (non-hydrogen) atoms. The van der Waals surface area contributed by atoms with Crippen LogP contribution >= 0.6 is 0 Å². The van der Waals surface area contributed by atoms with Crippen molar-refractivity contribution in [2.75, 3.05) is 0 Å². The topological polar surface area (TPSA) is 112 Å². The fraction of sp³-hybridized carbons (Fsp3) is 0.250. The highest BCUT2D eigenvalue weighted by molar-refractivity contribution is 5.44. The third-order valence-corrected chi connectivity index (χ3v) is 6.30. The first kappa shape index (κ1) is 21.8. The molecule has 5 aromatic rings. The van der Waals surface area contributed by atoms with Gasteiger partial charge in [-0.25, -0.2) is 19.9 Å². The molecule has 0 atom stereocenters. The molecule has 2 N–H and O–H groups in total. The summed E-state index contributed by atoms with van der Waals surface area (Å²) < 4.78 is 7.06. The average molecular weight is 459 g/mol. The Morgan fingerprint density at radius 1 is 0.500 bits per heavy atom. The molecule has 4 aromatic heterocycles. The Balaban J connectivity index is 1.69. The Morgan fingerprint density at radius 3 is 0.912 bits per heavy atom. The number of aryl methyl sites for hydroxylation is 4. The van der Waals surface area contributed by atoms with Gasteiger partial charge in [0.1, 0.15) is 0 Å². The van der Waals surface area contributed by atoms with Crippen molar-refractivity contribution >= 4 is 0 Å². The zero-order chi connectivity index (χ0) is 24.1. The summed E-state index contributed by atoms with van der Waals surface area (Å²) in [6, 6.07) is 7.09. The van der Waals surface area contributed by atoms with Gasteiger partial charge in [-0.2, -0.15) is 0 Å². The zero-order valence-electron chi connectivity index (χ0n) is 19.4. The lowest BCUT2D eigenvalue weighted by atomic mass is 9.86. The van der Waals surface area contributed by atoms with E-state index in [1.54, 1.807) is 92.1 Å². The maximum absolute atomic E-state index is 12.1. The van der Waals surface area contributed by atoms with E-state index in [0.29, 0.717) is 34.4 Å². The maximum atomic E-state index is 12.1. The summed E-state index contributed by atoms with van der Waals surface area (Å²) in [6.07, 6.45) is 13.7. The second kappa shape index (κ2) is 7.79. The number of aromatic nitrogens is 8. The van der Waals surface area contributed by atoms with Gasteiger partial charge < -0.3 is 28.5 Å². The number of imidazole rings is 4. The van der Waals surface area contributed by atoms with Gasteiger partial charge in [0.25, 0.3) is 0 Å². The number of aliphatic hydroxyl groups is 2. The van der Waals surface area contributed by atoms with Crippen LogP contribution in [0.3, 0.4) is 0 Å². The minimum Gasteiger partial charge on any atom is -0.371 e. The van der Waals surface area contributed by atoms with E-state index in [1.807, 2.05) is 28.2 Å². The summed E-state index contributed by atoms with van der Waals surface area (Å²) in [5.41, 5.74) is -2.11. The van der Waals surface area contributed by atoms with Crippen molar-refractivity contribution in [2.24, 2.45) is 28.2 Å². The first-order chi connectivity index (χ1) is 16.3. The molecule has 0 saturated heterocycles. The van der Waals surface area contributed by atoms with Crippen molar-refractivity contribution in [3.8, 4) is 0 Å². The Kier molecular flexibility index (Phi) is 4.99. The van der Waals surface area contributed by atoms with E-state index >= 15 is 0 Å². The summed E-state index contributed by atoms with van der Waals surface area (Å²) in [5.74, 6) is 1.71. The highest BCUT2D eigenvalue weighted by atomic mass is 16.3. The molecule has 0 fully saturated rings. The van der Waals surface area contributed by atoms with Crippen LogP contribution < -0.4 is 0 Å². The molecular formula is C24H26N8O2. The smallest absolute Gasteiger partial charge is 0.206 e. The molecule has 0 aliphatic carbocycles. The van der Waals surface area contributed by atoms with Crippen LogP contribution in [-0.4, -0.2) is 48.4 Å². The van der Waals surface area contributed by atoms with Crippen LogP contribution in [0.1, 0.15) is 34.4 Å². The number of nitrogens with zero attached hydrogens (tertiary/aromatic N) is 8. The monoisotopic (exact) mass is 458 g/mol. The van der Waals surface area contributed by atoms with Crippen molar-refractivity contribution in [2.45, 2.75) is 11.2 Å². The van der Waals surface area contributed by atoms with Gasteiger partial charge in [0.2, 0.25) is 11.2 Å². The van der Waals surface area contributed by atoms with Crippen LogP contribution in [0.2, 0.25) is 0 Å². The van der Waals surface area contributed by atoms with E-state index in [9.17, 15) is 10.2 Å². The molecule has 0 amide bonds. The Hall–Kier alpha value is -4.02. The van der Waals surface area contributed by atoms with Gasteiger partial charge in [0.15, 0.2) is 23.3 Å². The Labute approximate surface area is 196 Å². The SMILES string of the molecule is Cn1ccnc1C(O)(c1ccc(C(O)(c2nccn2C)c2nccn2C)cc1)c1nccn1C. The Morgan fingerprint density at radius 2 is 0.735 bits per heavy atom. The van der Waals surface area contributed by atoms with Gasteiger partial charge in [-0.3, -0.25) is 0 Å². The summed E-state index contributed by atoms with van der Waals surface area (Å²) in [7, 11) is 7.30. The lowest BCUT2D eigenvalue weighted by Gasteiger charge is -2.30. The number of rotatable bonds is 6. The van der Waals surface area contributed by atoms with Gasteiger partial charge >= 0.3 is 0 Å². The summed E-state index contributed by atoms with van der Waals surface area (Å²) in [5, 5.41) is 24.1. The normalized spacial score (nSPS) is 12.4. The lowest BCUT2D eigenvalue weighted by molar-refractivity contribution is 0.0955. The fourth-order valence-corrected chi connectivity index (χ4v) is 4.53. The minimum absolute atomic E-state index is 0.429. The van der Waals surface area contributed by atoms with Crippen LogP contribution in [0, 0.1) is 0 Å². The van der Waals surface area contributed by atoms with Gasteiger partial charge in [-0.05, 0) is 11.1 Å². The highest BCUT2D eigenvalue weighted by Gasteiger charge is 2.44. The van der Waals surface area contributed by atoms with Crippen LogP contribution in [0.5, 0.6) is 0 Å². The molecule has 0 aliphatic rings. The largest absolute Gasteiger partial charge is 0.371 e. The zero-order valence-corrected chi connectivity index (χ0v) is 19.4. The van der Waals surface area contributed by atoms with Crippen molar-refractivity contribution in [3.63, 3.8) is 0 Å². The predicted molar refractivity (Wildman–Crippen MR) is 123 cm³/mol. The molecular weight excluding hydrogens is 432 g/mol. The highest BCUT2D eigenvalue weighted by Crippen LogP contribution is 2.38. The molecule has 5 rings (SSSR count). The Bertz CT molecular complexity index is 1250. The van der Waals surface area contributed by atoms with Crippen LogP contribution in [-0.2, 0) is 39.4 Å². The number of hydrogen-bond acceptors (Lipinski definition) is 6. The number of hydrogen-bond donors (Lipinski definition) is 2. The standard InChI is InChI=1S/C24H26N8O2/c1-29-13-9-25-19(29)23(33,20-26-10-14-30(20)2)17-5-7-18(8-6-17)24(34,21-27-11-15-31(21)3)22-28-12-16-32(22)4/h5-16,33-34H,1-4H3. The molecule has 174 valence electrons. The molecule has 0 aliphatic heterocycles. The van der Waals surface area contributed by atoms with E-state index in [0.717, 1.165) is 0 Å².